The fourth-order valence-corrected chi connectivity index (χ4v) is 1.79. The van der Waals surface area contributed by atoms with Crippen LogP contribution in [0.3, 0.4) is 0 Å². The summed E-state index contributed by atoms with van der Waals surface area (Å²) in [5, 5.41) is 8.51. The van der Waals surface area contributed by atoms with Crippen molar-refractivity contribution in [1.82, 2.24) is 15.0 Å². The summed E-state index contributed by atoms with van der Waals surface area (Å²) in [7, 11) is 0. The molecule has 0 radical (unpaired) electrons. The van der Waals surface area contributed by atoms with Crippen LogP contribution in [-0.2, 0) is 6.18 Å². The molecule has 0 saturated heterocycles. The summed E-state index contributed by atoms with van der Waals surface area (Å²) in [6.07, 6.45) is -4.80. The molecule has 2 aromatic rings. The number of pyridine rings is 1. The van der Waals surface area contributed by atoms with E-state index in [9.17, 15) is 18.0 Å². The van der Waals surface area contributed by atoms with Crippen LogP contribution in [0.4, 0.5) is 13.2 Å². The molecule has 8 heteroatoms. The molecule has 0 aliphatic heterocycles. The first-order valence-electron chi connectivity index (χ1n) is 5.14. The van der Waals surface area contributed by atoms with Crippen molar-refractivity contribution < 1.29 is 13.2 Å². The zero-order valence-corrected chi connectivity index (χ0v) is 9.88. The number of nitrogens with zero attached hydrogens (tertiary/aromatic N) is 3. The molecule has 0 amide bonds. The van der Waals surface area contributed by atoms with Crippen LogP contribution in [0.1, 0.15) is 22.8 Å². The minimum absolute atomic E-state index is 0.00537. The summed E-state index contributed by atoms with van der Waals surface area (Å²) in [5.74, 6) is 0.242. The molecule has 0 fully saturated rings. The molecule has 2 aromatic heterocycles. The topological polar surface area (TPSA) is 82.4 Å². The number of fused-ring (bicyclic) bond motifs is 1. The predicted molar refractivity (Wildman–Crippen MR) is 59.3 cm³/mol. The molecular formula is C11H7F3N4O. The zero-order valence-electron chi connectivity index (χ0n) is 9.88. The Bertz CT molecular complexity index is 771. The van der Waals surface area contributed by atoms with E-state index in [4.69, 9.17) is 5.26 Å². The maximum Gasteiger partial charge on any atom is 0.434 e. The van der Waals surface area contributed by atoms with Crippen LogP contribution in [0.2, 0.25) is 0 Å². The Morgan fingerprint density at radius 2 is 1.89 bits per heavy atom. The lowest BCUT2D eigenvalue weighted by Gasteiger charge is -2.11. The second-order valence-corrected chi connectivity index (χ2v) is 3.91. The monoisotopic (exact) mass is 268 g/mol. The molecule has 0 unspecified atom stereocenters. The van der Waals surface area contributed by atoms with E-state index in [0.717, 1.165) is 0 Å². The number of hydrogen-bond donors (Lipinski definition) is 1. The Balaban J connectivity index is 3.08. The summed E-state index contributed by atoms with van der Waals surface area (Å²) >= 11 is 0. The van der Waals surface area contributed by atoms with Crippen LogP contribution >= 0.6 is 0 Å². The summed E-state index contributed by atoms with van der Waals surface area (Å²) in [4.78, 5) is 21.3. The van der Waals surface area contributed by atoms with Crippen molar-refractivity contribution in [2.75, 3.05) is 0 Å². The number of aryl methyl sites for hydroxylation is 2. The molecule has 19 heavy (non-hydrogen) atoms. The van der Waals surface area contributed by atoms with Crippen LogP contribution in [0.5, 0.6) is 0 Å². The number of alkyl halides is 3. The van der Waals surface area contributed by atoms with Gasteiger partial charge in [-0.25, -0.2) is 9.97 Å². The fraction of sp³-hybridized carbons (Fsp3) is 0.273. The summed E-state index contributed by atoms with van der Waals surface area (Å²) in [6.45, 7) is 2.80. The van der Waals surface area contributed by atoms with E-state index in [1.54, 1.807) is 0 Å². The largest absolute Gasteiger partial charge is 0.434 e. The molecule has 0 spiro atoms. The highest BCUT2D eigenvalue weighted by atomic mass is 19.4. The fourth-order valence-electron chi connectivity index (χ4n) is 1.79. The predicted octanol–water partition coefficient (Wildman–Crippen LogP) is 1.83. The van der Waals surface area contributed by atoms with E-state index >= 15 is 0 Å². The number of rotatable bonds is 0. The number of aromatic amines is 1. The number of nitriles is 1. The standard InChI is InChI=1S/C11H7F3N4O/c1-4-8-7(10(19)18-5(2)17-8)6(3-15)9(16-4)11(12,13)14/h1-2H3,(H,17,18,19). The van der Waals surface area contributed by atoms with Gasteiger partial charge in [-0.3, -0.25) is 4.79 Å². The SMILES string of the molecule is Cc1nc2c(C)nc(C(F)(F)F)c(C#N)c2c(=O)[nH]1. The molecule has 0 aliphatic rings. The highest BCUT2D eigenvalue weighted by Crippen LogP contribution is 2.33. The normalized spacial score (nSPS) is 11.6. The third-order valence-electron chi connectivity index (χ3n) is 2.53. The first kappa shape index (κ1) is 13.0. The molecule has 1 N–H and O–H groups in total. The van der Waals surface area contributed by atoms with Crippen molar-refractivity contribution in [3.05, 3.63) is 33.1 Å². The summed E-state index contributed by atoms with van der Waals surface area (Å²) < 4.78 is 38.4. The highest BCUT2D eigenvalue weighted by molar-refractivity contribution is 5.86. The molecular weight excluding hydrogens is 261 g/mol. The molecule has 0 aliphatic carbocycles. The molecule has 0 aromatic carbocycles. The van der Waals surface area contributed by atoms with Gasteiger partial charge in [-0.05, 0) is 13.8 Å². The number of aromatic nitrogens is 3. The smallest absolute Gasteiger partial charge is 0.310 e. The van der Waals surface area contributed by atoms with Gasteiger partial charge in [0.05, 0.1) is 16.6 Å². The highest BCUT2D eigenvalue weighted by Gasteiger charge is 2.37. The van der Waals surface area contributed by atoms with E-state index in [-0.39, 0.29) is 22.4 Å². The molecule has 0 saturated carbocycles. The molecule has 2 heterocycles. The minimum atomic E-state index is -4.80. The van der Waals surface area contributed by atoms with Crippen molar-refractivity contribution in [3.8, 4) is 6.07 Å². The van der Waals surface area contributed by atoms with E-state index < -0.39 is 23.0 Å². The number of halogens is 3. The van der Waals surface area contributed by atoms with Gasteiger partial charge in [0, 0.05) is 0 Å². The third-order valence-corrected chi connectivity index (χ3v) is 2.53. The average Bonchev–Trinajstić information content (AvgIpc) is 2.28. The lowest BCUT2D eigenvalue weighted by molar-refractivity contribution is -0.141. The number of hydrogen-bond acceptors (Lipinski definition) is 4. The maximum absolute atomic E-state index is 12.8. The zero-order chi connectivity index (χ0) is 14.4. The first-order chi connectivity index (χ1) is 8.75. The second kappa shape index (κ2) is 4.05. The van der Waals surface area contributed by atoms with Gasteiger partial charge in [0.25, 0.3) is 5.56 Å². The van der Waals surface area contributed by atoms with Crippen molar-refractivity contribution in [2.24, 2.45) is 0 Å². The molecule has 0 bridgehead atoms. The van der Waals surface area contributed by atoms with E-state index in [1.807, 2.05) is 0 Å². The van der Waals surface area contributed by atoms with Gasteiger partial charge in [-0.2, -0.15) is 18.4 Å². The Morgan fingerprint density at radius 3 is 2.42 bits per heavy atom. The Morgan fingerprint density at radius 1 is 1.26 bits per heavy atom. The maximum atomic E-state index is 12.8. The van der Waals surface area contributed by atoms with Crippen LogP contribution < -0.4 is 5.56 Å². The average molecular weight is 268 g/mol. The lowest BCUT2D eigenvalue weighted by atomic mass is 10.1. The van der Waals surface area contributed by atoms with Crippen LogP contribution in [0.25, 0.3) is 10.9 Å². The lowest BCUT2D eigenvalue weighted by Crippen LogP contribution is -2.18. The van der Waals surface area contributed by atoms with Crippen molar-refractivity contribution in [3.63, 3.8) is 0 Å². The van der Waals surface area contributed by atoms with E-state index in [0.29, 0.717) is 0 Å². The van der Waals surface area contributed by atoms with Gasteiger partial charge in [0.15, 0.2) is 5.69 Å². The Kier molecular flexibility index (Phi) is 2.77. The summed E-state index contributed by atoms with van der Waals surface area (Å²) in [6, 6.07) is 1.39. The quantitative estimate of drug-likeness (QED) is 0.790. The molecule has 2 rings (SSSR count). The van der Waals surface area contributed by atoms with Crippen molar-refractivity contribution in [2.45, 2.75) is 20.0 Å². The first-order valence-corrected chi connectivity index (χ1v) is 5.14. The molecule has 98 valence electrons. The number of nitrogens with one attached hydrogen (secondary N) is 1. The van der Waals surface area contributed by atoms with Crippen LogP contribution in [-0.4, -0.2) is 15.0 Å². The summed E-state index contributed by atoms with van der Waals surface area (Å²) in [5.41, 5.74) is -2.99. The molecule has 5 nitrogen and oxygen atoms in total. The van der Waals surface area contributed by atoms with Crippen LogP contribution in [0.15, 0.2) is 4.79 Å². The van der Waals surface area contributed by atoms with Gasteiger partial charge in [-0.1, -0.05) is 0 Å². The Labute approximate surface area is 104 Å². The van der Waals surface area contributed by atoms with Crippen molar-refractivity contribution in [1.29, 1.82) is 5.26 Å². The van der Waals surface area contributed by atoms with Crippen LogP contribution in [0, 0.1) is 25.2 Å². The van der Waals surface area contributed by atoms with Crippen molar-refractivity contribution >= 4 is 10.9 Å². The molecule has 0 atom stereocenters. The van der Waals surface area contributed by atoms with Gasteiger partial charge in [0.2, 0.25) is 0 Å². The van der Waals surface area contributed by atoms with Gasteiger partial charge < -0.3 is 4.98 Å². The van der Waals surface area contributed by atoms with E-state index in [1.165, 1.54) is 19.9 Å². The third kappa shape index (κ3) is 2.03. The minimum Gasteiger partial charge on any atom is -0.310 e. The van der Waals surface area contributed by atoms with Gasteiger partial charge >= 0.3 is 6.18 Å². The Hall–Kier alpha value is -2.43. The van der Waals surface area contributed by atoms with Gasteiger partial charge in [-0.15, -0.1) is 0 Å². The number of H-pyrrole nitrogens is 1. The van der Waals surface area contributed by atoms with Gasteiger partial charge in [0.1, 0.15) is 17.4 Å². The second-order valence-electron chi connectivity index (χ2n) is 3.91. The van der Waals surface area contributed by atoms with E-state index in [2.05, 4.69) is 15.0 Å².